The SMILES string of the molecule is Cc1ccc2c(c1)C(O)C(N1CCNCC1)CN2C. The Morgan fingerprint density at radius 1 is 1.26 bits per heavy atom. The minimum Gasteiger partial charge on any atom is -0.387 e. The zero-order valence-corrected chi connectivity index (χ0v) is 11.8. The highest BCUT2D eigenvalue weighted by Gasteiger charge is 2.35. The largest absolute Gasteiger partial charge is 0.387 e. The van der Waals surface area contributed by atoms with Crippen molar-refractivity contribution in [1.29, 1.82) is 0 Å². The molecule has 0 aliphatic carbocycles. The van der Waals surface area contributed by atoms with Crippen LogP contribution >= 0.6 is 0 Å². The number of anilines is 1. The summed E-state index contributed by atoms with van der Waals surface area (Å²) in [6.07, 6.45) is -0.371. The van der Waals surface area contributed by atoms with Crippen LogP contribution in [-0.4, -0.2) is 55.8 Å². The standard InChI is InChI=1S/C15H23N3O/c1-11-3-4-13-12(9-11)15(19)14(10-17(13)2)18-7-5-16-6-8-18/h3-4,9,14-16,19H,5-8,10H2,1-2H3. The van der Waals surface area contributed by atoms with Gasteiger partial charge in [-0.25, -0.2) is 0 Å². The fourth-order valence-corrected chi connectivity index (χ4v) is 3.27. The molecular formula is C15H23N3O. The number of hydrogen-bond donors (Lipinski definition) is 2. The van der Waals surface area contributed by atoms with Crippen molar-refractivity contribution in [1.82, 2.24) is 10.2 Å². The van der Waals surface area contributed by atoms with Gasteiger partial charge in [0.15, 0.2) is 0 Å². The Labute approximate surface area is 115 Å². The number of fused-ring (bicyclic) bond motifs is 1. The zero-order valence-electron chi connectivity index (χ0n) is 11.8. The number of benzene rings is 1. The maximum absolute atomic E-state index is 10.7. The fourth-order valence-electron chi connectivity index (χ4n) is 3.27. The Balaban J connectivity index is 1.89. The third-order valence-corrected chi connectivity index (χ3v) is 4.36. The molecule has 1 saturated heterocycles. The first-order valence-corrected chi connectivity index (χ1v) is 7.11. The molecule has 4 heteroatoms. The normalized spacial score (nSPS) is 28.3. The molecule has 1 aromatic rings. The number of nitrogens with one attached hydrogen (secondary N) is 1. The van der Waals surface area contributed by atoms with Crippen molar-refractivity contribution in [2.24, 2.45) is 0 Å². The molecule has 0 bridgehead atoms. The molecule has 1 aromatic carbocycles. The van der Waals surface area contributed by atoms with Crippen molar-refractivity contribution < 1.29 is 5.11 Å². The number of aliphatic hydroxyl groups excluding tert-OH is 1. The van der Waals surface area contributed by atoms with Gasteiger partial charge in [0.25, 0.3) is 0 Å². The molecule has 0 saturated carbocycles. The maximum Gasteiger partial charge on any atom is 0.0982 e. The lowest BCUT2D eigenvalue weighted by molar-refractivity contribution is 0.0406. The number of rotatable bonds is 1. The van der Waals surface area contributed by atoms with Gasteiger partial charge in [-0.15, -0.1) is 0 Å². The van der Waals surface area contributed by atoms with Gasteiger partial charge < -0.3 is 15.3 Å². The van der Waals surface area contributed by atoms with Crippen LogP contribution < -0.4 is 10.2 Å². The molecule has 0 aromatic heterocycles. The summed E-state index contributed by atoms with van der Waals surface area (Å²) in [5.41, 5.74) is 3.47. The predicted octanol–water partition coefficient (Wildman–Crippen LogP) is 0.752. The van der Waals surface area contributed by atoms with Crippen molar-refractivity contribution in [3.8, 4) is 0 Å². The smallest absolute Gasteiger partial charge is 0.0982 e. The van der Waals surface area contributed by atoms with Crippen LogP contribution in [0.4, 0.5) is 5.69 Å². The van der Waals surface area contributed by atoms with E-state index in [-0.39, 0.29) is 12.1 Å². The molecule has 2 unspecified atom stereocenters. The first-order chi connectivity index (χ1) is 9.16. The number of aryl methyl sites for hydroxylation is 1. The van der Waals surface area contributed by atoms with Gasteiger partial charge in [-0.3, -0.25) is 4.90 Å². The second kappa shape index (κ2) is 5.12. The minimum atomic E-state index is -0.371. The average Bonchev–Trinajstić information content (AvgIpc) is 2.43. The van der Waals surface area contributed by atoms with Crippen LogP contribution in [0.1, 0.15) is 17.2 Å². The highest BCUT2D eigenvalue weighted by molar-refractivity contribution is 5.58. The van der Waals surface area contributed by atoms with Gasteiger partial charge in [0.05, 0.1) is 12.1 Å². The van der Waals surface area contributed by atoms with Crippen molar-refractivity contribution in [2.45, 2.75) is 19.1 Å². The lowest BCUT2D eigenvalue weighted by Gasteiger charge is -2.44. The summed E-state index contributed by atoms with van der Waals surface area (Å²) < 4.78 is 0. The van der Waals surface area contributed by atoms with E-state index >= 15 is 0 Å². The molecule has 0 amide bonds. The molecule has 2 atom stereocenters. The topological polar surface area (TPSA) is 38.7 Å². The van der Waals surface area contributed by atoms with Gasteiger partial charge in [0, 0.05) is 51.0 Å². The van der Waals surface area contributed by atoms with E-state index in [4.69, 9.17) is 0 Å². The lowest BCUT2D eigenvalue weighted by Crippen LogP contribution is -2.55. The van der Waals surface area contributed by atoms with E-state index in [0.717, 1.165) is 38.3 Å². The quantitative estimate of drug-likeness (QED) is 0.782. The first-order valence-electron chi connectivity index (χ1n) is 7.11. The maximum atomic E-state index is 10.7. The van der Waals surface area contributed by atoms with Gasteiger partial charge >= 0.3 is 0 Å². The Kier molecular flexibility index (Phi) is 3.48. The highest BCUT2D eigenvalue weighted by atomic mass is 16.3. The molecule has 4 nitrogen and oxygen atoms in total. The number of nitrogens with zero attached hydrogens (tertiary/aromatic N) is 2. The van der Waals surface area contributed by atoms with Crippen LogP contribution in [0.2, 0.25) is 0 Å². The molecule has 1 fully saturated rings. The molecular weight excluding hydrogens is 238 g/mol. The van der Waals surface area contributed by atoms with E-state index in [0.29, 0.717) is 0 Å². The summed E-state index contributed by atoms with van der Waals surface area (Å²) in [7, 11) is 2.12. The Morgan fingerprint density at radius 3 is 2.74 bits per heavy atom. The van der Waals surface area contributed by atoms with Crippen LogP contribution in [0.25, 0.3) is 0 Å². The summed E-state index contributed by atoms with van der Waals surface area (Å²) in [6.45, 7) is 7.08. The molecule has 2 aliphatic heterocycles. The Hall–Kier alpha value is -1.10. The van der Waals surface area contributed by atoms with E-state index in [9.17, 15) is 5.11 Å². The summed E-state index contributed by atoms with van der Waals surface area (Å²) in [5.74, 6) is 0. The van der Waals surface area contributed by atoms with E-state index in [1.807, 2.05) is 0 Å². The van der Waals surface area contributed by atoms with Gasteiger partial charge in [0.2, 0.25) is 0 Å². The summed E-state index contributed by atoms with van der Waals surface area (Å²) in [5, 5.41) is 14.1. The van der Waals surface area contributed by atoms with Crippen LogP contribution in [0.15, 0.2) is 18.2 Å². The van der Waals surface area contributed by atoms with E-state index in [1.165, 1.54) is 11.3 Å². The van der Waals surface area contributed by atoms with Crippen LogP contribution in [0.3, 0.4) is 0 Å². The number of likely N-dealkylation sites (N-methyl/N-ethyl adjacent to an activating group) is 1. The third kappa shape index (κ3) is 2.36. The molecule has 2 aliphatic rings. The van der Waals surface area contributed by atoms with Crippen molar-refractivity contribution in [2.75, 3.05) is 44.7 Å². The van der Waals surface area contributed by atoms with Gasteiger partial charge in [-0.2, -0.15) is 0 Å². The van der Waals surface area contributed by atoms with Crippen LogP contribution in [-0.2, 0) is 0 Å². The monoisotopic (exact) mass is 261 g/mol. The molecule has 2 heterocycles. The third-order valence-electron chi connectivity index (χ3n) is 4.36. The van der Waals surface area contributed by atoms with Crippen LogP contribution in [0, 0.1) is 6.92 Å². The molecule has 0 radical (unpaired) electrons. The second-order valence-electron chi connectivity index (χ2n) is 5.74. The Bertz CT molecular complexity index is 457. The zero-order chi connectivity index (χ0) is 13.4. The summed E-state index contributed by atoms with van der Waals surface area (Å²) in [6, 6.07) is 6.58. The molecule has 3 rings (SSSR count). The predicted molar refractivity (Wildman–Crippen MR) is 77.6 cm³/mol. The van der Waals surface area contributed by atoms with Crippen molar-refractivity contribution >= 4 is 5.69 Å². The summed E-state index contributed by atoms with van der Waals surface area (Å²) >= 11 is 0. The fraction of sp³-hybridized carbons (Fsp3) is 0.600. The number of hydrogen-bond acceptors (Lipinski definition) is 4. The number of aliphatic hydroxyl groups is 1. The molecule has 2 N–H and O–H groups in total. The summed E-state index contributed by atoms with van der Waals surface area (Å²) in [4.78, 5) is 4.69. The van der Waals surface area contributed by atoms with Gasteiger partial charge in [-0.05, 0) is 13.0 Å². The van der Waals surface area contributed by atoms with Crippen molar-refractivity contribution in [3.05, 3.63) is 29.3 Å². The lowest BCUT2D eigenvalue weighted by atomic mass is 9.92. The number of piperazine rings is 1. The molecule has 0 spiro atoms. The van der Waals surface area contributed by atoms with Gasteiger partial charge in [-0.1, -0.05) is 17.7 Å². The van der Waals surface area contributed by atoms with E-state index in [1.54, 1.807) is 0 Å². The first kappa shape index (κ1) is 12.9. The average molecular weight is 261 g/mol. The minimum absolute atomic E-state index is 0.210. The highest BCUT2D eigenvalue weighted by Crippen LogP contribution is 2.35. The van der Waals surface area contributed by atoms with Crippen LogP contribution in [0.5, 0.6) is 0 Å². The van der Waals surface area contributed by atoms with E-state index in [2.05, 4.69) is 47.3 Å². The van der Waals surface area contributed by atoms with Crippen molar-refractivity contribution in [3.63, 3.8) is 0 Å². The van der Waals surface area contributed by atoms with Gasteiger partial charge in [0.1, 0.15) is 0 Å². The van der Waals surface area contributed by atoms with E-state index < -0.39 is 0 Å². The molecule has 104 valence electrons. The second-order valence-corrected chi connectivity index (χ2v) is 5.74. The molecule has 19 heavy (non-hydrogen) atoms. The Morgan fingerprint density at radius 2 is 2.00 bits per heavy atom.